The molecule has 1 aromatic rings. The van der Waals surface area contributed by atoms with E-state index in [1.807, 2.05) is 18.0 Å². The highest BCUT2D eigenvalue weighted by atomic mass is 32.2. The molecule has 0 amide bonds. The van der Waals surface area contributed by atoms with Gasteiger partial charge in [-0.1, -0.05) is 6.92 Å². The molecule has 0 bridgehead atoms. The molecule has 1 aliphatic heterocycles. The Labute approximate surface area is 147 Å². The molecule has 1 fully saturated rings. The second kappa shape index (κ2) is 10.3. The van der Waals surface area contributed by atoms with E-state index in [0.29, 0.717) is 6.54 Å². The van der Waals surface area contributed by atoms with Crippen molar-refractivity contribution >= 4 is 23.4 Å². The fourth-order valence-corrected chi connectivity index (χ4v) is 2.57. The van der Waals surface area contributed by atoms with E-state index in [2.05, 4.69) is 22.2 Å². The molecule has 2 N–H and O–H groups in total. The number of hydrogen-bond donors (Lipinski definition) is 2. The molecule has 0 radical (unpaired) electrons. The second-order valence-electron chi connectivity index (χ2n) is 5.01. The van der Waals surface area contributed by atoms with E-state index in [-0.39, 0.29) is 5.56 Å². The molecular weight excluding hydrogens is 361 g/mol. The predicted molar refractivity (Wildman–Crippen MR) is 90.3 cm³/mol. The molecule has 0 aliphatic carbocycles. The highest BCUT2D eigenvalue weighted by Crippen LogP contribution is 2.13. The number of aliphatic carboxylic acids is 1. The number of carboxylic acid groups (broad SMARTS) is 1. The summed E-state index contributed by atoms with van der Waals surface area (Å²) in [4.78, 5) is 23.0. The van der Waals surface area contributed by atoms with Gasteiger partial charge in [-0.3, -0.25) is 4.79 Å². The van der Waals surface area contributed by atoms with Gasteiger partial charge in [0.15, 0.2) is 0 Å². The summed E-state index contributed by atoms with van der Waals surface area (Å²) in [7, 11) is 0. The lowest BCUT2D eigenvalue weighted by molar-refractivity contribution is -0.192. The number of halogens is 3. The van der Waals surface area contributed by atoms with E-state index < -0.39 is 12.1 Å². The Kier molecular flexibility index (Phi) is 8.76. The maximum absolute atomic E-state index is 11.9. The fourth-order valence-electron chi connectivity index (χ4n) is 1.98. The highest BCUT2D eigenvalue weighted by molar-refractivity contribution is 7.99. The first-order valence-corrected chi connectivity index (χ1v) is 8.82. The molecule has 142 valence electrons. The Morgan fingerprint density at radius 2 is 2.00 bits per heavy atom. The Morgan fingerprint density at radius 3 is 2.48 bits per heavy atom. The van der Waals surface area contributed by atoms with Crippen molar-refractivity contribution in [3.8, 4) is 0 Å². The van der Waals surface area contributed by atoms with E-state index in [1.165, 1.54) is 0 Å². The zero-order valence-corrected chi connectivity index (χ0v) is 14.6. The maximum Gasteiger partial charge on any atom is 0.490 e. The lowest BCUT2D eigenvalue weighted by Gasteiger charge is -2.28. The molecular formula is C14H21F3N4O3S. The van der Waals surface area contributed by atoms with Gasteiger partial charge < -0.3 is 15.3 Å². The number of nitrogens with zero attached hydrogens (tertiary/aromatic N) is 3. The summed E-state index contributed by atoms with van der Waals surface area (Å²) in [6, 6.07) is 1.70. The smallest absolute Gasteiger partial charge is 0.475 e. The van der Waals surface area contributed by atoms with E-state index >= 15 is 0 Å². The molecule has 1 aromatic heterocycles. The van der Waals surface area contributed by atoms with Crippen molar-refractivity contribution in [1.82, 2.24) is 15.1 Å². The first kappa shape index (κ1) is 21.3. The third-order valence-electron chi connectivity index (χ3n) is 3.23. The monoisotopic (exact) mass is 382 g/mol. The van der Waals surface area contributed by atoms with Crippen molar-refractivity contribution in [3.63, 3.8) is 0 Å². The van der Waals surface area contributed by atoms with E-state index in [9.17, 15) is 18.0 Å². The topological polar surface area (TPSA) is 87.5 Å². The van der Waals surface area contributed by atoms with Crippen molar-refractivity contribution < 1.29 is 23.1 Å². The van der Waals surface area contributed by atoms with Crippen molar-refractivity contribution in [2.24, 2.45) is 0 Å². The van der Waals surface area contributed by atoms with Gasteiger partial charge in [-0.05, 0) is 5.75 Å². The zero-order chi connectivity index (χ0) is 18.9. The number of aryl methyl sites for hydroxylation is 1. The van der Waals surface area contributed by atoms with E-state index in [1.54, 1.807) is 10.7 Å². The maximum atomic E-state index is 11.9. The van der Waals surface area contributed by atoms with Crippen LogP contribution in [0.25, 0.3) is 0 Å². The van der Waals surface area contributed by atoms with Crippen LogP contribution in [0.5, 0.6) is 0 Å². The first-order valence-electron chi connectivity index (χ1n) is 7.66. The number of rotatable bonds is 5. The third kappa shape index (κ3) is 7.78. The van der Waals surface area contributed by atoms with Crippen LogP contribution in [-0.2, 0) is 11.3 Å². The van der Waals surface area contributed by atoms with Crippen molar-refractivity contribution in [3.05, 3.63) is 22.6 Å². The van der Waals surface area contributed by atoms with E-state index in [4.69, 9.17) is 9.90 Å². The molecule has 2 rings (SSSR count). The Bertz CT molecular complexity index is 604. The molecule has 0 spiro atoms. The van der Waals surface area contributed by atoms with Gasteiger partial charge >= 0.3 is 12.1 Å². The number of thioether (sulfide) groups is 1. The van der Waals surface area contributed by atoms with Crippen LogP contribution in [0.1, 0.15) is 6.92 Å². The number of aromatic nitrogens is 2. The van der Waals surface area contributed by atoms with Gasteiger partial charge in [-0.2, -0.15) is 30.0 Å². The fraction of sp³-hybridized carbons (Fsp3) is 0.643. The quantitative estimate of drug-likeness (QED) is 0.736. The minimum absolute atomic E-state index is 0.00253. The number of hydrogen-bond acceptors (Lipinski definition) is 6. The van der Waals surface area contributed by atoms with Crippen LogP contribution in [0.4, 0.5) is 18.9 Å². The Balaban J connectivity index is 0.000000381. The Morgan fingerprint density at radius 1 is 1.40 bits per heavy atom. The van der Waals surface area contributed by atoms with Crippen LogP contribution in [0.2, 0.25) is 0 Å². The average Bonchev–Trinajstić information content (AvgIpc) is 2.57. The van der Waals surface area contributed by atoms with Gasteiger partial charge in [0.05, 0.1) is 18.4 Å². The van der Waals surface area contributed by atoms with Crippen LogP contribution in [0.15, 0.2) is 17.1 Å². The molecule has 0 unspecified atom stereocenters. The van der Waals surface area contributed by atoms with Crippen LogP contribution >= 0.6 is 11.8 Å². The highest BCUT2D eigenvalue weighted by Gasteiger charge is 2.38. The third-order valence-corrected chi connectivity index (χ3v) is 4.11. The second-order valence-corrected chi connectivity index (χ2v) is 6.41. The number of carbonyl (C=O) groups is 1. The summed E-state index contributed by atoms with van der Waals surface area (Å²) in [5.41, 5.74) is 0.948. The summed E-state index contributed by atoms with van der Waals surface area (Å²) in [5.74, 6) is -0.739. The summed E-state index contributed by atoms with van der Waals surface area (Å²) in [5, 5.41) is 14.7. The normalized spacial score (nSPS) is 14.6. The number of nitrogens with one attached hydrogen (secondary N) is 1. The van der Waals surface area contributed by atoms with Crippen LogP contribution in [0.3, 0.4) is 0 Å². The number of alkyl halides is 3. The first-order chi connectivity index (χ1) is 11.8. The van der Waals surface area contributed by atoms with Gasteiger partial charge in [0.2, 0.25) is 0 Å². The predicted octanol–water partition coefficient (Wildman–Crippen LogP) is 1.04. The average molecular weight is 382 g/mol. The lowest BCUT2D eigenvalue weighted by atomic mass is 10.3. The summed E-state index contributed by atoms with van der Waals surface area (Å²) >= 11 is 1.83. The molecule has 0 atom stereocenters. The largest absolute Gasteiger partial charge is 0.490 e. The zero-order valence-electron chi connectivity index (χ0n) is 13.8. The van der Waals surface area contributed by atoms with Crippen molar-refractivity contribution in [2.75, 3.05) is 42.6 Å². The van der Waals surface area contributed by atoms with Gasteiger partial charge in [0.1, 0.15) is 0 Å². The molecule has 25 heavy (non-hydrogen) atoms. The summed E-state index contributed by atoms with van der Waals surface area (Å²) in [6.07, 6.45) is -3.27. The van der Waals surface area contributed by atoms with Crippen LogP contribution in [-0.4, -0.2) is 64.7 Å². The molecule has 11 heteroatoms. The standard InChI is InChI=1S/C12H20N4OS.C2HF3O2/c1-2-18-8-7-16-12(17)9-11(10-14-16)15-5-3-13-4-6-15;3-2(4,5)1(6)7/h9-10,13H,2-8H2,1H3;(H,6,7). The molecule has 0 saturated carbocycles. The lowest BCUT2D eigenvalue weighted by Crippen LogP contribution is -2.44. The van der Waals surface area contributed by atoms with Crippen molar-refractivity contribution in [2.45, 2.75) is 19.6 Å². The van der Waals surface area contributed by atoms with Gasteiger partial charge in [-0.15, -0.1) is 0 Å². The summed E-state index contributed by atoms with van der Waals surface area (Å²) < 4.78 is 33.3. The minimum atomic E-state index is -5.08. The van der Waals surface area contributed by atoms with Crippen LogP contribution < -0.4 is 15.8 Å². The van der Waals surface area contributed by atoms with Crippen LogP contribution in [0, 0.1) is 0 Å². The SMILES string of the molecule is CCSCCn1ncc(N2CCNCC2)cc1=O.O=C(O)C(F)(F)F. The minimum Gasteiger partial charge on any atom is -0.475 e. The summed E-state index contributed by atoms with van der Waals surface area (Å²) in [6.45, 7) is 6.63. The number of carboxylic acids is 1. The number of piperazine rings is 1. The van der Waals surface area contributed by atoms with Crippen molar-refractivity contribution in [1.29, 1.82) is 0 Å². The Hall–Kier alpha value is -1.75. The molecule has 7 nitrogen and oxygen atoms in total. The molecule has 2 heterocycles. The van der Waals surface area contributed by atoms with Gasteiger partial charge in [0.25, 0.3) is 5.56 Å². The van der Waals surface area contributed by atoms with E-state index in [0.717, 1.165) is 43.4 Å². The molecule has 0 aromatic carbocycles. The molecule has 1 saturated heterocycles. The van der Waals surface area contributed by atoms with Gasteiger partial charge in [0, 0.05) is 38.0 Å². The molecule has 1 aliphatic rings. The van der Waals surface area contributed by atoms with Gasteiger partial charge in [-0.25, -0.2) is 9.48 Å². The number of anilines is 1.